The van der Waals surface area contributed by atoms with Gasteiger partial charge >= 0.3 is 0 Å². The Bertz CT molecular complexity index is 391. The van der Waals surface area contributed by atoms with Crippen molar-refractivity contribution in [2.75, 3.05) is 0 Å². The molecule has 0 bridgehead atoms. The predicted molar refractivity (Wildman–Crippen MR) is 72.9 cm³/mol. The highest BCUT2D eigenvalue weighted by atomic mass is 16.2. The molecule has 2 rings (SSSR count). The number of rotatable bonds is 3. The van der Waals surface area contributed by atoms with Crippen LogP contribution in [0.1, 0.15) is 44.2 Å². The maximum absolute atomic E-state index is 12.2. The lowest BCUT2D eigenvalue weighted by atomic mass is 9.84. The van der Waals surface area contributed by atoms with Gasteiger partial charge in [-0.3, -0.25) is 4.79 Å². The van der Waals surface area contributed by atoms with Gasteiger partial charge in [0.25, 0.3) is 0 Å². The fraction of sp³-hybridized carbons (Fsp3) is 0.533. The normalized spacial score (nSPS) is 25.4. The van der Waals surface area contributed by atoms with E-state index in [4.69, 9.17) is 5.73 Å². The smallest absolute Gasteiger partial charge is 0.225 e. The average Bonchev–Trinajstić information content (AvgIpc) is 2.40. The quantitative estimate of drug-likeness (QED) is 0.860. The molecule has 1 fully saturated rings. The molecule has 3 nitrogen and oxygen atoms in total. The Kier molecular flexibility index (Phi) is 4.37. The van der Waals surface area contributed by atoms with E-state index in [0.717, 1.165) is 31.2 Å². The molecular formula is C15H22N2O. The zero-order valence-electron chi connectivity index (χ0n) is 10.9. The highest BCUT2D eigenvalue weighted by Crippen LogP contribution is 2.24. The summed E-state index contributed by atoms with van der Waals surface area (Å²) >= 11 is 0. The van der Waals surface area contributed by atoms with Crippen LogP contribution in [0.15, 0.2) is 30.3 Å². The number of carbonyl (C=O) groups excluding carboxylic acids is 1. The fourth-order valence-corrected chi connectivity index (χ4v) is 2.63. The summed E-state index contributed by atoms with van der Waals surface area (Å²) in [5, 5.41) is 3.08. The van der Waals surface area contributed by atoms with Gasteiger partial charge in [-0.15, -0.1) is 0 Å². The van der Waals surface area contributed by atoms with Crippen molar-refractivity contribution in [2.24, 2.45) is 11.7 Å². The van der Waals surface area contributed by atoms with Crippen molar-refractivity contribution in [3.8, 4) is 0 Å². The summed E-state index contributed by atoms with van der Waals surface area (Å²) in [5.74, 6) is 0.100. The number of hydrogen-bond acceptors (Lipinski definition) is 2. The molecule has 1 aliphatic carbocycles. The molecule has 98 valence electrons. The van der Waals surface area contributed by atoms with Gasteiger partial charge in [-0.2, -0.15) is 0 Å². The zero-order chi connectivity index (χ0) is 13.0. The second kappa shape index (κ2) is 6.01. The first-order valence-electron chi connectivity index (χ1n) is 6.79. The molecule has 0 radical (unpaired) electrons. The Morgan fingerprint density at radius 3 is 2.61 bits per heavy atom. The van der Waals surface area contributed by atoms with Crippen molar-refractivity contribution in [3.63, 3.8) is 0 Å². The third-order valence-corrected chi connectivity index (χ3v) is 3.81. The lowest BCUT2D eigenvalue weighted by Gasteiger charge is -2.28. The number of amides is 1. The van der Waals surface area contributed by atoms with E-state index < -0.39 is 0 Å². The molecule has 0 aliphatic heterocycles. The second-order valence-corrected chi connectivity index (χ2v) is 5.20. The third kappa shape index (κ3) is 3.10. The summed E-state index contributed by atoms with van der Waals surface area (Å²) in [7, 11) is 0. The van der Waals surface area contributed by atoms with E-state index in [1.807, 2.05) is 37.3 Å². The summed E-state index contributed by atoms with van der Waals surface area (Å²) in [6.07, 6.45) is 4.16. The second-order valence-electron chi connectivity index (χ2n) is 5.20. The van der Waals surface area contributed by atoms with Crippen molar-refractivity contribution in [2.45, 2.75) is 44.7 Å². The Hall–Kier alpha value is -1.35. The van der Waals surface area contributed by atoms with Gasteiger partial charge in [0.2, 0.25) is 5.91 Å². The van der Waals surface area contributed by atoms with Gasteiger partial charge in [-0.05, 0) is 25.3 Å². The minimum absolute atomic E-state index is 0.00934. The van der Waals surface area contributed by atoms with Crippen molar-refractivity contribution < 1.29 is 4.79 Å². The van der Waals surface area contributed by atoms with Crippen LogP contribution < -0.4 is 11.1 Å². The summed E-state index contributed by atoms with van der Waals surface area (Å²) in [6, 6.07) is 10.1. The van der Waals surface area contributed by atoms with E-state index in [1.165, 1.54) is 0 Å². The lowest BCUT2D eigenvalue weighted by Crippen LogP contribution is -2.44. The van der Waals surface area contributed by atoms with Crippen LogP contribution in [-0.2, 0) is 4.79 Å². The molecule has 18 heavy (non-hydrogen) atoms. The highest BCUT2D eigenvalue weighted by Gasteiger charge is 2.28. The van der Waals surface area contributed by atoms with Gasteiger partial charge in [0.05, 0.1) is 12.0 Å². The van der Waals surface area contributed by atoms with Crippen molar-refractivity contribution in [1.29, 1.82) is 0 Å². The van der Waals surface area contributed by atoms with Crippen molar-refractivity contribution in [3.05, 3.63) is 35.9 Å². The van der Waals surface area contributed by atoms with E-state index in [9.17, 15) is 4.79 Å². The molecule has 0 aromatic heterocycles. The van der Waals surface area contributed by atoms with Crippen molar-refractivity contribution >= 4 is 5.91 Å². The predicted octanol–water partition coefficient (Wildman–Crippen LogP) is 2.38. The number of benzene rings is 1. The topological polar surface area (TPSA) is 55.1 Å². The molecule has 0 heterocycles. The number of nitrogens with one attached hydrogen (secondary N) is 1. The minimum Gasteiger partial charge on any atom is -0.349 e. The van der Waals surface area contributed by atoms with E-state index in [2.05, 4.69) is 5.32 Å². The van der Waals surface area contributed by atoms with Gasteiger partial charge < -0.3 is 11.1 Å². The summed E-state index contributed by atoms with van der Waals surface area (Å²) in [5.41, 5.74) is 7.17. The van der Waals surface area contributed by atoms with Gasteiger partial charge in [-0.25, -0.2) is 0 Å². The van der Waals surface area contributed by atoms with Crippen LogP contribution >= 0.6 is 0 Å². The first kappa shape index (κ1) is 13.1. The summed E-state index contributed by atoms with van der Waals surface area (Å²) in [6.45, 7) is 2.02. The number of carbonyl (C=O) groups is 1. The molecule has 3 unspecified atom stereocenters. The largest absolute Gasteiger partial charge is 0.349 e. The molecule has 1 amide bonds. The van der Waals surface area contributed by atoms with Crippen LogP contribution in [0, 0.1) is 5.92 Å². The van der Waals surface area contributed by atoms with E-state index >= 15 is 0 Å². The molecule has 3 heteroatoms. The SMILES string of the molecule is CC(NC(=O)C1CCCCC1N)c1ccccc1. The molecule has 3 N–H and O–H groups in total. The number of hydrogen-bond donors (Lipinski definition) is 2. The Morgan fingerprint density at radius 1 is 1.28 bits per heavy atom. The molecule has 3 atom stereocenters. The molecule has 1 aromatic rings. The highest BCUT2D eigenvalue weighted by molar-refractivity contribution is 5.79. The van der Waals surface area contributed by atoms with Crippen LogP contribution in [0.25, 0.3) is 0 Å². The van der Waals surface area contributed by atoms with Gasteiger partial charge in [-0.1, -0.05) is 43.2 Å². The summed E-state index contributed by atoms with van der Waals surface area (Å²) in [4.78, 5) is 12.2. The molecular weight excluding hydrogens is 224 g/mol. The van der Waals surface area contributed by atoms with Gasteiger partial charge in [0.1, 0.15) is 0 Å². The van der Waals surface area contributed by atoms with Crippen LogP contribution in [0.3, 0.4) is 0 Å². The van der Waals surface area contributed by atoms with E-state index in [-0.39, 0.29) is 23.9 Å². The van der Waals surface area contributed by atoms with E-state index in [0.29, 0.717) is 0 Å². The molecule has 0 spiro atoms. The molecule has 1 saturated carbocycles. The zero-order valence-corrected chi connectivity index (χ0v) is 10.9. The van der Waals surface area contributed by atoms with E-state index in [1.54, 1.807) is 0 Å². The molecule has 0 saturated heterocycles. The monoisotopic (exact) mass is 246 g/mol. The van der Waals surface area contributed by atoms with Crippen LogP contribution in [0.2, 0.25) is 0 Å². The van der Waals surface area contributed by atoms with Crippen molar-refractivity contribution in [1.82, 2.24) is 5.32 Å². The lowest BCUT2D eigenvalue weighted by molar-refractivity contribution is -0.127. The Balaban J connectivity index is 1.94. The van der Waals surface area contributed by atoms with Gasteiger partial charge in [0, 0.05) is 6.04 Å². The molecule has 1 aromatic carbocycles. The minimum atomic E-state index is -0.00934. The standard InChI is InChI=1S/C15H22N2O/c1-11(12-7-3-2-4-8-12)17-15(18)13-9-5-6-10-14(13)16/h2-4,7-8,11,13-14H,5-6,9-10,16H2,1H3,(H,17,18). The Labute approximate surface area is 109 Å². The van der Waals surface area contributed by atoms with Gasteiger partial charge in [0.15, 0.2) is 0 Å². The summed E-state index contributed by atoms with van der Waals surface area (Å²) < 4.78 is 0. The van der Waals surface area contributed by atoms with Crippen LogP contribution in [0.4, 0.5) is 0 Å². The average molecular weight is 246 g/mol. The number of nitrogens with two attached hydrogens (primary N) is 1. The third-order valence-electron chi connectivity index (χ3n) is 3.81. The first-order chi connectivity index (χ1) is 8.68. The molecule has 1 aliphatic rings. The maximum Gasteiger partial charge on any atom is 0.225 e. The van der Waals surface area contributed by atoms with Crippen LogP contribution in [-0.4, -0.2) is 11.9 Å². The maximum atomic E-state index is 12.2. The fourth-order valence-electron chi connectivity index (χ4n) is 2.63. The Morgan fingerprint density at radius 2 is 1.94 bits per heavy atom. The first-order valence-corrected chi connectivity index (χ1v) is 6.79. The van der Waals surface area contributed by atoms with Crippen LogP contribution in [0.5, 0.6) is 0 Å².